The standard InChI is InChI=1S/C22H20ClN3OS/c1-15-19(23)9-6-10-22(15)28(27)25-18-11-12-20-21(13-18)26(16(2)24-20)14-17-7-4-3-5-8-17/h3-13,25H,14H2,1-2H3. The van der Waals surface area contributed by atoms with Gasteiger partial charge in [-0.15, -0.1) is 0 Å². The van der Waals surface area contributed by atoms with Crippen molar-refractivity contribution >= 4 is 39.3 Å². The van der Waals surface area contributed by atoms with Crippen molar-refractivity contribution in [3.63, 3.8) is 0 Å². The van der Waals surface area contributed by atoms with Crippen LogP contribution >= 0.6 is 11.6 Å². The second-order valence-electron chi connectivity index (χ2n) is 6.67. The Morgan fingerprint density at radius 2 is 1.82 bits per heavy atom. The lowest BCUT2D eigenvalue weighted by Crippen LogP contribution is -2.07. The zero-order chi connectivity index (χ0) is 19.7. The molecule has 0 fully saturated rings. The number of hydrogen-bond donors (Lipinski definition) is 1. The number of nitrogens with one attached hydrogen (secondary N) is 1. The highest BCUT2D eigenvalue weighted by Crippen LogP contribution is 2.25. The Labute approximate surface area is 171 Å². The van der Waals surface area contributed by atoms with Gasteiger partial charge >= 0.3 is 0 Å². The second-order valence-corrected chi connectivity index (χ2v) is 8.26. The van der Waals surface area contributed by atoms with Gasteiger partial charge in [0.25, 0.3) is 0 Å². The first-order valence-electron chi connectivity index (χ1n) is 8.97. The van der Waals surface area contributed by atoms with E-state index in [1.165, 1.54) is 5.56 Å². The Morgan fingerprint density at radius 1 is 1.04 bits per heavy atom. The van der Waals surface area contributed by atoms with Gasteiger partial charge in [0.05, 0.1) is 15.9 Å². The SMILES string of the molecule is Cc1c(Cl)cccc1S(=O)Nc1ccc2nc(C)n(Cc3ccccc3)c2c1. The van der Waals surface area contributed by atoms with Crippen molar-refractivity contribution < 1.29 is 4.21 Å². The maximum Gasteiger partial charge on any atom is 0.150 e. The van der Waals surface area contributed by atoms with Gasteiger partial charge in [0.1, 0.15) is 5.82 Å². The first-order chi connectivity index (χ1) is 13.5. The maximum atomic E-state index is 12.8. The third-order valence-corrected chi connectivity index (χ3v) is 6.42. The van der Waals surface area contributed by atoms with Gasteiger partial charge in [0, 0.05) is 17.3 Å². The van der Waals surface area contributed by atoms with Crippen LogP contribution in [0.1, 0.15) is 17.0 Å². The number of aromatic nitrogens is 2. The van der Waals surface area contributed by atoms with Crippen molar-refractivity contribution in [2.75, 3.05) is 4.72 Å². The molecule has 0 aliphatic heterocycles. The molecule has 3 aromatic carbocycles. The summed E-state index contributed by atoms with van der Waals surface area (Å²) < 4.78 is 18.1. The fourth-order valence-corrected chi connectivity index (χ4v) is 4.49. The van der Waals surface area contributed by atoms with Gasteiger partial charge in [0.15, 0.2) is 11.0 Å². The molecule has 1 heterocycles. The summed E-state index contributed by atoms with van der Waals surface area (Å²) in [5.41, 5.74) is 4.73. The van der Waals surface area contributed by atoms with Gasteiger partial charge in [-0.25, -0.2) is 9.19 Å². The van der Waals surface area contributed by atoms with Crippen molar-refractivity contribution in [3.8, 4) is 0 Å². The largest absolute Gasteiger partial charge is 0.324 e. The summed E-state index contributed by atoms with van der Waals surface area (Å²) in [5.74, 6) is 0.947. The quantitative estimate of drug-likeness (QED) is 0.473. The molecule has 4 aromatic rings. The van der Waals surface area contributed by atoms with Crippen LogP contribution in [0.25, 0.3) is 11.0 Å². The fraction of sp³-hybridized carbons (Fsp3) is 0.136. The van der Waals surface area contributed by atoms with Crippen LogP contribution in [0.4, 0.5) is 5.69 Å². The first kappa shape index (κ1) is 18.7. The molecule has 0 bridgehead atoms. The minimum atomic E-state index is -1.40. The number of nitrogens with zero attached hydrogens (tertiary/aromatic N) is 2. The number of imidazole rings is 1. The van der Waals surface area contributed by atoms with Crippen LogP contribution in [-0.4, -0.2) is 13.8 Å². The van der Waals surface area contributed by atoms with E-state index in [1.807, 2.05) is 62.4 Å². The monoisotopic (exact) mass is 409 g/mol. The van der Waals surface area contributed by atoms with Gasteiger partial charge in [-0.3, -0.25) is 0 Å². The number of fused-ring (bicyclic) bond motifs is 1. The summed E-state index contributed by atoms with van der Waals surface area (Å²) in [4.78, 5) is 5.34. The van der Waals surface area contributed by atoms with Crippen LogP contribution in [0.5, 0.6) is 0 Å². The molecule has 28 heavy (non-hydrogen) atoms. The molecule has 0 aliphatic carbocycles. The van der Waals surface area contributed by atoms with Crippen molar-refractivity contribution in [2.45, 2.75) is 25.3 Å². The molecule has 4 rings (SSSR count). The van der Waals surface area contributed by atoms with Gasteiger partial charge in [-0.2, -0.15) is 0 Å². The Hall–Kier alpha value is -2.63. The van der Waals surface area contributed by atoms with E-state index < -0.39 is 11.0 Å². The molecule has 1 aromatic heterocycles. The van der Waals surface area contributed by atoms with Gasteiger partial charge in [-0.1, -0.05) is 48.0 Å². The topological polar surface area (TPSA) is 46.9 Å². The predicted molar refractivity (Wildman–Crippen MR) is 116 cm³/mol. The fourth-order valence-electron chi connectivity index (χ4n) is 3.22. The minimum Gasteiger partial charge on any atom is -0.324 e. The molecule has 0 aliphatic rings. The predicted octanol–water partition coefficient (Wildman–Crippen LogP) is 5.49. The van der Waals surface area contributed by atoms with E-state index in [-0.39, 0.29) is 0 Å². The molecule has 6 heteroatoms. The molecular formula is C22H20ClN3OS. The summed E-state index contributed by atoms with van der Waals surface area (Å²) >= 11 is 6.17. The highest BCUT2D eigenvalue weighted by molar-refractivity contribution is 7.86. The minimum absolute atomic E-state index is 0.611. The molecular weight excluding hydrogens is 390 g/mol. The normalized spacial score (nSPS) is 12.2. The molecule has 0 saturated carbocycles. The van der Waals surface area contributed by atoms with E-state index in [2.05, 4.69) is 26.4 Å². The van der Waals surface area contributed by atoms with E-state index >= 15 is 0 Å². The van der Waals surface area contributed by atoms with Gasteiger partial charge in [0.2, 0.25) is 0 Å². The van der Waals surface area contributed by atoms with Gasteiger partial charge < -0.3 is 9.29 Å². The van der Waals surface area contributed by atoms with Crippen LogP contribution in [0.3, 0.4) is 0 Å². The third-order valence-electron chi connectivity index (χ3n) is 4.75. The highest BCUT2D eigenvalue weighted by Gasteiger charge is 2.12. The third kappa shape index (κ3) is 3.68. The molecule has 0 saturated heterocycles. The van der Waals surface area contributed by atoms with Crippen LogP contribution in [0.15, 0.2) is 71.6 Å². The lowest BCUT2D eigenvalue weighted by Gasteiger charge is -2.11. The zero-order valence-corrected chi connectivity index (χ0v) is 17.2. The first-order valence-corrected chi connectivity index (χ1v) is 10.5. The smallest absolute Gasteiger partial charge is 0.150 e. The summed E-state index contributed by atoms with van der Waals surface area (Å²) in [6, 6.07) is 21.6. The Bertz CT molecular complexity index is 1170. The van der Waals surface area contributed by atoms with Crippen molar-refractivity contribution in [3.05, 3.63) is 88.7 Å². The summed E-state index contributed by atoms with van der Waals surface area (Å²) in [5, 5.41) is 0.611. The van der Waals surface area contributed by atoms with Crippen molar-refractivity contribution in [1.82, 2.24) is 9.55 Å². The second kappa shape index (κ2) is 7.78. The molecule has 142 valence electrons. The number of anilines is 1. The molecule has 1 unspecified atom stereocenters. The number of hydrogen-bond acceptors (Lipinski definition) is 2. The van der Waals surface area contributed by atoms with Crippen LogP contribution in [-0.2, 0) is 17.5 Å². The van der Waals surface area contributed by atoms with Crippen molar-refractivity contribution in [1.29, 1.82) is 0 Å². The van der Waals surface area contributed by atoms with Crippen molar-refractivity contribution in [2.24, 2.45) is 0 Å². The molecule has 0 amide bonds. The van der Waals surface area contributed by atoms with E-state index in [0.717, 1.165) is 34.7 Å². The number of aryl methyl sites for hydroxylation is 1. The average molecular weight is 410 g/mol. The van der Waals surface area contributed by atoms with E-state index in [0.29, 0.717) is 9.92 Å². The number of rotatable bonds is 5. The molecule has 4 nitrogen and oxygen atoms in total. The number of benzene rings is 3. The molecule has 0 radical (unpaired) electrons. The lowest BCUT2D eigenvalue weighted by molar-refractivity contribution is 0.686. The Morgan fingerprint density at radius 3 is 2.61 bits per heavy atom. The Balaban J connectivity index is 1.66. The van der Waals surface area contributed by atoms with E-state index in [1.54, 1.807) is 6.07 Å². The summed E-state index contributed by atoms with van der Waals surface area (Å²) in [7, 11) is -1.40. The number of halogens is 1. The van der Waals surface area contributed by atoms with E-state index in [9.17, 15) is 4.21 Å². The highest BCUT2D eigenvalue weighted by atomic mass is 35.5. The summed E-state index contributed by atoms with van der Waals surface area (Å²) in [6.07, 6.45) is 0. The van der Waals surface area contributed by atoms with Crippen LogP contribution in [0.2, 0.25) is 5.02 Å². The lowest BCUT2D eigenvalue weighted by atomic mass is 10.2. The average Bonchev–Trinajstić information content (AvgIpc) is 2.99. The van der Waals surface area contributed by atoms with Crippen LogP contribution < -0.4 is 4.72 Å². The Kier molecular flexibility index (Phi) is 5.20. The van der Waals surface area contributed by atoms with E-state index in [4.69, 9.17) is 11.6 Å². The van der Waals surface area contributed by atoms with Crippen LogP contribution in [0, 0.1) is 13.8 Å². The molecule has 1 N–H and O–H groups in total. The molecule has 1 atom stereocenters. The summed E-state index contributed by atoms with van der Waals surface area (Å²) in [6.45, 7) is 4.62. The zero-order valence-electron chi connectivity index (χ0n) is 15.6. The maximum absolute atomic E-state index is 12.8. The van der Waals surface area contributed by atoms with Gasteiger partial charge in [-0.05, 0) is 55.3 Å². The molecule has 0 spiro atoms.